The minimum Gasteiger partial charge on any atom is -0.457 e. The summed E-state index contributed by atoms with van der Waals surface area (Å²) in [6.45, 7) is 1.87. The molecule has 0 amide bonds. The van der Waals surface area contributed by atoms with Crippen LogP contribution >= 0.6 is 0 Å². The average Bonchev–Trinajstić information content (AvgIpc) is 3.23. The normalized spacial score (nSPS) is 19.3. The Labute approximate surface area is 197 Å². The van der Waals surface area contributed by atoms with E-state index in [-0.39, 0.29) is 17.7 Å². The first kappa shape index (κ1) is 20.4. The third-order valence-corrected chi connectivity index (χ3v) is 6.45. The number of aromatic nitrogens is 3. The second kappa shape index (κ2) is 8.30. The molecule has 1 N–H and O–H groups in total. The van der Waals surface area contributed by atoms with Gasteiger partial charge in [-0.2, -0.15) is 10.1 Å². The van der Waals surface area contributed by atoms with Gasteiger partial charge in [0, 0.05) is 17.7 Å². The molecule has 0 bridgehead atoms. The lowest BCUT2D eigenvalue weighted by molar-refractivity contribution is -0.116. The Kier molecular flexibility index (Phi) is 4.99. The maximum atomic E-state index is 13.6. The number of allylic oxidation sites excluding steroid dienone is 2. The van der Waals surface area contributed by atoms with E-state index in [1.807, 2.05) is 84.4 Å². The predicted octanol–water partition coefficient (Wildman–Crippen LogP) is 5.79. The van der Waals surface area contributed by atoms with Crippen molar-refractivity contribution in [3.8, 4) is 11.5 Å². The van der Waals surface area contributed by atoms with Gasteiger partial charge in [-0.3, -0.25) is 4.79 Å². The molecule has 0 fully saturated rings. The number of hydrogen-bond acceptors (Lipinski definition) is 5. The number of fused-ring (bicyclic) bond motifs is 1. The lowest BCUT2D eigenvalue weighted by atomic mass is 9.78. The highest BCUT2D eigenvalue weighted by atomic mass is 16.5. The number of hydrogen-bond donors (Lipinski definition) is 1. The molecule has 6 heteroatoms. The van der Waals surface area contributed by atoms with Crippen LogP contribution < -0.4 is 10.1 Å². The van der Waals surface area contributed by atoms with Crippen molar-refractivity contribution in [2.24, 2.45) is 0 Å². The number of ketones is 1. The molecule has 0 saturated heterocycles. The number of nitrogens with zero attached hydrogens (tertiary/aromatic N) is 3. The van der Waals surface area contributed by atoms with Crippen LogP contribution in [0.2, 0.25) is 0 Å². The van der Waals surface area contributed by atoms with Crippen LogP contribution in [0.25, 0.3) is 0 Å². The Balaban J connectivity index is 1.41. The van der Waals surface area contributed by atoms with Crippen molar-refractivity contribution >= 4 is 11.7 Å². The van der Waals surface area contributed by atoms with Crippen LogP contribution in [0.5, 0.6) is 11.5 Å². The third kappa shape index (κ3) is 3.67. The molecule has 34 heavy (non-hydrogen) atoms. The summed E-state index contributed by atoms with van der Waals surface area (Å²) in [6.07, 6.45) is 1.23. The van der Waals surface area contributed by atoms with Crippen molar-refractivity contribution in [2.75, 3.05) is 5.32 Å². The van der Waals surface area contributed by atoms with Crippen molar-refractivity contribution < 1.29 is 9.53 Å². The van der Waals surface area contributed by atoms with E-state index in [0.717, 1.165) is 29.0 Å². The minimum atomic E-state index is -0.351. The quantitative estimate of drug-likeness (QED) is 0.428. The van der Waals surface area contributed by atoms with Crippen LogP contribution in [0.15, 0.2) is 96.2 Å². The topological polar surface area (TPSA) is 69.0 Å². The SMILES string of the molecule is Cc1nc2n(n1)[C@H](c1cccc(Oc3ccccc3)c1)C1=C(C[C@H](c3ccccc3)CC1=O)N2. The average molecular weight is 449 g/mol. The van der Waals surface area contributed by atoms with Crippen LogP contribution in [0.4, 0.5) is 5.95 Å². The summed E-state index contributed by atoms with van der Waals surface area (Å²) in [6, 6.07) is 27.5. The summed E-state index contributed by atoms with van der Waals surface area (Å²) in [5.74, 6) is 3.09. The fourth-order valence-corrected chi connectivity index (χ4v) is 4.96. The van der Waals surface area contributed by atoms with E-state index in [0.29, 0.717) is 23.9 Å². The number of para-hydroxylation sites is 1. The van der Waals surface area contributed by atoms with Gasteiger partial charge in [0.15, 0.2) is 5.78 Å². The molecule has 2 aliphatic rings. The fourth-order valence-electron chi connectivity index (χ4n) is 4.96. The molecule has 0 radical (unpaired) electrons. The molecule has 1 aliphatic carbocycles. The summed E-state index contributed by atoms with van der Waals surface area (Å²) >= 11 is 0. The summed E-state index contributed by atoms with van der Waals surface area (Å²) < 4.78 is 7.91. The largest absolute Gasteiger partial charge is 0.457 e. The first-order chi connectivity index (χ1) is 16.7. The van der Waals surface area contributed by atoms with Crippen molar-refractivity contribution in [2.45, 2.75) is 31.7 Å². The summed E-state index contributed by atoms with van der Waals surface area (Å²) in [7, 11) is 0. The highest BCUT2D eigenvalue weighted by Gasteiger charge is 2.39. The molecule has 3 aromatic carbocycles. The highest BCUT2D eigenvalue weighted by molar-refractivity contribution is 6.00. The Morgan fingerprint density at radius 1 is 0.882 bits per heavy atom. The molecule has 1 aliphatic heterocycles. The molecule has 6 rings (SSSR count). The zero-order valence-electron chi connectivity index (χ0n) is 18.8. The molecule has 2 atom stereocenters. The van der Waals surface area contributed by atoms with Gasteiger partial charge in [0.2, 0.25) is 5.95 Å². The maximum Gasteiger partial charge on any atom is 0.226 e. The third-order valence-electron chi connectivity index (χ3n) is 6.45. The van der Waals surface area contributed by atoms with E-state index in [9.17, 15) is 4.79 Å². The first-order valence-electron chi connectivity index (χ1n) is 11.5. The lowest BCUT2D eigenvalue weighted by Crippen LogP contribution is -2.33. The maximum absolute atomic E-state index is 13.6. The predicted molar refractivity (Wildman–Crippen MR) is 130 cm³/mol. The van der Waals surface area contributed by atoms with Gasteiger partial charge in [-0.1, -0.05) is 60.7 Å². The van der Waals surface area contributed by atoms with Crippen molar-refractivity contribution in [3.63, 3.8) is 0 Å². The second-order valence-corrected chi connectivity index (χ2v) is 8.77. The lowest BCUT2D eigenvalue weighted by Gasteiger charge is -2.35. The van der Waals surface area contributed by atoms with Gasteiger partial charge in [-0.25, -0.2) is 4.68 Å². The summed E-state index contributed by atoms with van der Waals surface area (Å²) in [4.78, 5) is 18.2. The minimum absolute atomic E-state index is 0.140. The van der Waals surface area contributed by atoms with Gasteiger partial charge in [0.25, 0.3) is 0 Å². The number of benzene rings is 3. The van der Waals surface area contributed by atoms with Gasteiger partial charge in [0.05, 0.1) is 0 Å². The van der Waals surface area contributed by atoms with Crippen molar-refractivity contribution in [3.05, 3.63) is 113 Å². The molecular weight excluding hydrogens is 424 g/mol. The monoisotopic (exact) mass is 448 g/mol. The molecule has 1 aromatic heterocycles. The smallest absolute Gasteiger partial charge is 0.226 e. The van der Waals surface area contributed by atoms with E-state index in [1.165, 1.54) is 5.56 Å². The zero-order valence-corrected chi connectivity index (χ0v) is 18.8. The summed E-state index contributed by atoms with van der Waals surface area (Å²) in [5, 5.41) is 8.06. The van der Waals surface area contributed by atoms with Gasteiger partial charge in [-0.05, 0) is 54.7 Å². The van der Waals surface area contributed by atoms with Gasteiger partial charge in [0.1, 0.15) is 23.4 Å². The standard InChI is InChI=1S/C28H24N4O2/c1-18-29-28-30-24-16-21(19-9-4-2-5-10-19)17-25(33)26(24)27(32(28)31-18)20-11-8-14-23(15-20)34-22-12-6-3-7-13-22/h2-15,21,27H,16-17H2,1H3,(H,29,30,31)/t21-,27+/m0/s1. The molecule has 2 heterocycles. The van der Waals surface area contributed by atoms with Crippen LogP contribution in [0.1, 0.15) is 41.8 Å². The fraction of sp³-hybridized carbons (Fsp3) is 0.179. The molecular formula is C28H24N4O2. The van der Waals surface area contributed by atoms with Crippen LogP contribution in [0.3, 0.4) is 0 Å². The summed E-state index contributed by atoms with van der Waals surface area (Å²) in [5.41, 5.74) is 3.83. The number of ether oxygens (including phenoxy) is 1. The van der Waals surface area contributed by atoms with E-state index in [2.05, 4.69) is 27.5 Å². The highest BCUT2D eigenvalue weighted by Crippen LogP contribution is 2.44. The Morgan fingerprint density at radius 3 is 2.38 bits per heavy atom. The van der Waals surface area contributed by atoms with Crippen molar-refractivity contribution in [1.29, 1.82) is 0 Å². The van der Waals surface area contributed by atoms with E-state index in [1.54, 1.807) is 0 Å². The number of carbonyl (C=O) groups excluding carboxylic acids is 1. The van der Waals surface area contributed by atoms with Crippen LogP contribution in [-0.4, -0.2) is 20.5 Å². The first-order valence-corrected chi connectivity index (χ1v) is 11.5. The number of rotatable bonds is 4. The Bertz CT molecular complexity index is 1390. The Hall–Kier alpha value is -4.19. The van der Waals surface area contributed by atoms with Crippen LogP contribution in [-0.2, 0) is 4.79 Å². The molecule has 6 nitrogen and oxygen atoms in total. The molecule has 4 aromatic rings. The zero-order chi connectivity index (χ0) is 23.1. The number of anilines is 1. The van der Waals surface area contributed by atoms with Crippen molar-refractivity contribution in [1.82, 2.24) is 14.8 Å². The number of aryl methyl sites for hydroxylation is 1. The van der Waals surface area contributed by atoms with Gasteiger partial charge >= 0.3 is 0 Å². The van der Waals surface area contributed by atoms with E-state index in [4.69, 9.17) is 4.74 Å². The van der Waals surface area contributed by atoms with Crippen LogP contribution in [0, 0.1) is 6.92 Å². The van der Waals surface area contributed by atoms with Gasteiger partial charge in [-0.15, -0.1) is 0 Å². The number of Topliss-reactive ketones (excluding diaryl/α,β-unsaturated/α-hetero) is 1. The van der Waals surface area contributed by atoms with E-state index >= 15 is 0 Å². The number of nitrogens with one attached hydrogen (secondary N) is 1. The van der Waals surface area contributed by atoms with E-state index < -0.39 is 0 Å². The van der Waals surface area contributed by atoms with Gasteiger partial charge < -0.3 is 10.1 Å². The molecule has 0 spiro atoms. The molecule has 0 unspecified atom stereocenters. The second-order valence-electron chi connectivity index (χ2n) is 8.77. The number of carbonyl (C=O) groups is 1. The Morgan fingerprint density at radius 2 is 1.59 bits per heavy atom. The molecule has 0 saturated carbocycles. The molecule has 168 valence electrons.